The highest BCUT2D eigenvalue weighted by Crippen LogP contribution is 2.22. The van der Waals surface area contributed by atoms with E-state index in [9.17, 15) is 0 Å². The zero-order valence-electron chi connectivity index (χ0n) is 7.39. The maximum Gasteiger partial charge on any atom is 0.0514 e. The van der Waals surface area contributed by atoms with Gasteiger partial charge in [-0.3, -0.25) is 5.01 Å². The summed E-state index contributed by atoms with van der Waals surface area (Å²) in [6, 6.07) is 0. The second-order valence-electron chi connectivity index (χ2n) is 2.68. The Morgan fingerprint density at radius 1 is 1.67 bits per heavy atom. The molecule has 1 aliphatic rings. The van der Waals surface area contributed by atoms with Gasteiger partial charge in [-0.25, -0.2) is 5.43 Å². The van der Waals surface area contributed by atoms with Gasteiger partial charge >= 0.3 is 0 Å². The Labute approximate surface area is 78.2 Å². The molecule has 1 aliphatic heterocycles. The molecule has 0 unspecified atom stereocenters. The zero-order valence-corrected chi connectivity index (χ0v) is 8.15. The summed E-state index contributed by atoms with van der Waals surface area (Å²) in [6.45, 7) is 8.73. The molecule has 0 saturated carbocycles. The molecule has 0 radical (unpaired) electrons. The Hall–Kier alpha value is -0.730. The Morgan fingerprint density at radius 2 is 2.33 bits per heavy atom. The zero-order chi connectivity index (χ0) is 9.14. The number of hydrogen-bond acceptors (Lipinski definition) is 2. The molecule has 0 fully saturated rings. The smallest absolute Gasteiger partial charge is 0.0514 e. The molecule has 0 atom stereocenters. The lowest BCUT2D eigenvalue weighted by Crippen LogP contribution is -2.33. The van der Waals surface area contributed by atoms with E-state index in [1.807, 2.05) is 31.1 Å². The van der Waals surface area contributed by atoms with Gasteiger partial charge in [-0.15, -0.1) is 0 Å². The quantitative estimate of drug-likeness (QED) is 0.709. The summed E-state index contributed by atoms with van der Waals surface area (Å²) in [4.78, 5) is 0. The van der Waals surface area contributed by atoms with Crippen LogP contribution in [0.15, 0.2) is 35.2 Å². The molecule has 0 spiro atoms. The van der Waals surface area contributed by atoms with Crippen molar-refractivity contribution in [1.29, 1.82) is 0 Å². The largest absolute Gasteiger partial charge is 0.285 e. The monoisotopic (exact) mass is 184 g/mol. The SMILES string of the molecule is C=C1C=C(Cl)C(C)=CN1NCC. The van der Waals surface area contributed by atoms with Crippen molar-refractivity contribution in [2.75, 3.05) is 6.54 Å². The van der Waals surface area contributed by atoms with Gasteiger partial charge in [-0.1, -0.05) is 25.1 Å². The van der Waals surface area contributed by atoms with Crippen LogP contribution in [-0.4, -0.2) is 11.6 Å². The van der Waals surface area contributed by atoms with Crippen LogP contribution in [0.3, 0.4) is 0 Å². The summed E-state index contributed by atoms with van der Waals surface area (Å²) in [5, 5.41) is 2.63. The second-order valence-corrected chi connectivity index (χ2v) is 3.08. The van der Waals surface area contributed by atoms with Gasteiger partial charge in [0.2, 0.25) is 0 Å². The summed E-state index contributed by atoms with van der Waals surface area (Å²) in [6.07, 6.45) is 3.79. The summed E-state index contributed by atoms with van der Waals surface area (Å²) in [7, 11) is 0. The first kappa shape index (κ1) is 9.36. The average Bonchev–Trinajstić information content (AvgIpc) is 2.01. The highest BCUT2D eigenvalue weighted by molar-refractivity contribution is 6.32. The third-order valence-electron chi connectivity index (χ3n) is 1.63. The fraction of sp³-hybridized carbons (Fsp3) is 0.333. The third kappa shape index (κ3) is 1.90. The molecule has 66 valence electrons. The van der Waals surface area contributed by atoms with E-state index in [1.165, 1.54) is 0 Å². The molecular formula is C9H13ClN2. The van der Waals surface area contributed by atoms with E-state index in [4.69, 9.17) is 11.6 Å². The first-order chi connectivity index (χ1) is 5.65. The Bertz CT molecular complexity index is 253. The van der Waals surface area contributed by atoms with Crippen molar-refractivity contribution >= 4 is 11.6 Å². The van der Waals surface area contributed by atoms with E-state index in [1.54, 1.807) is 0 Å². The number of rotatable bonds is 2. The van der Waals surface area contributed by atoms with Crippen molar-refractivity contribution in [2.45, 2.75) is 13.8 Å². The van der Waals surface area contributed by atoms with Crippen molar-refractivity contribution in [2.24, 2.45) is 0 Å². The summed E-state index contributed by atoms with van der Waals surface area (Å²) < 4.78 is 0. The molecule has 0 aliphatic carbocycles. The Balaban J connectivity index is 2.77. The van der Waals surface area contributed by atoms with Crippen molar-refractivity contribution < 1.29 is 0 Å². The molecule has 0 aromatic rings. The summed E-state index contributed by atoms with van der Waals surface area (Å²) >= 11 is 5.90. The van der Waals surface area contributed by atoms with Crippen molar-refractivity contribution in [1.82, 2.24) is 10.4 Å². The molecule has 0 aromatic heterocycles. The lowest BCUT2D eigenvalue weighted by atomic mass is 10.2. The number of halogens is 1. The first-order valence-electron chi connectivity index (χ1n) is 3.92. The minimum Gasteiger partial charge on any atom is -0.285 e. The maximum atomic E-state index is 5.90. The number of hydrogen-bond donors (Lipinski definition) is 1. The van der Waals surface area contributed by atoms with Gasteiger partial charge in [-0.05, 0) is 18.6 Å². The maximum absolute atomic E-state index is 5.90. The molecule has 1 rings (SSSR count). The molecule has 0 aromatic carbocycles. The predicted molar refractivity (Wildman–Crippen MR) is 52.3 cm³/mol. The van der Waals surface area contributed by atoms with Crippen molar-refractivity contribution in [3.8, 4) is 0 Å². The number of allylic oxidation sites excluding steroid dienone is 3. The van der Waals surface area contributed by atoms with Crippen LogP contribution in [0, 0.1) is 0 Å². The fourth-order valence-corrected chi connectivity index (χ4v) is 1.16. The summed E-state index contributed by atoms with van der Waals surface area (Å²) in [5.41, 5.74) is 5.05. The average molecular weight is 185 g/mol. The molecule has 1 heterocycles. The molecule has 0 bridgehead atoms. The van der Waals surface area contributed by atoms with E-state index in [0.717, 1.165) is 22.8 Å². The van der Waals surface area contributed by atoms with Gasteiger partial charge in [0, 0.05) is 17.8 Å². The van der Waals surface area contributed by atoms with Crippen LogP contribution in [0.5, 0.6) is 0 Å². The molecular weight excluding hydrogens is 172 g/mol. The number of nitrogens with one attached hydrogen (secondary N) is 1. The molecule has 2 nitrogen and oxygen atoms in total. The standard InChI is InChI=1S/C9H13ClN2/c1-4-11-12-6-7(2)9(10)5-8(12)3/h5-6,11H,3-4H2,1-2H3. The van der Waals surface area contributed by atoms with Crippen molar-refractivity contribution in [3.63, 3.8) is 0 Å². The van der Waals surface area contributed by atoms with E-state index in [2.05, 4.69) is 12.0 Å². The lowest BCUT2D eigenvalue weighted by molar-refractivity contribution is 0.353. The van der Waals surface area contributed by atoms with Gasteiger partial charge in [0.05, 0.1) is 5.70 Å². The van der Waals surface area contributed by atoms with Crippen LogP contribution in [-0.2, 0) is 0 Å². The second kappa shape index (κ2) is 3.78. The van der Waals surface area contributed by atoms with Gasteiger partial charge in [0.25, 0.3) is 0 Å². The van der Waals surface area contributed by atoms with E-state index < -0.39 is 0 Å². The van der Waals surface area contributed by atoms with Gasteiger partial charge < -0.3 is 0 Å². The van der Waals surface area contributed by atoms with Crippen molar-refractivity contribution in [3.05, 3.63) is 35.2 Å². The molecule has 1 N–H and O–H groups in total. The topological polar surface area (TPSA) is 15.3 Å². The van der Waals surface area contributed by atoms with E-state index >= 15 is 0 Å². The molecule has 3 heteroatoms. The highest BCUT2D eigenvalue weighted by atomic mass is 35.5. The third-order valence-corrected chi connectivity index (χ3v) is 2.04. The first-order valence-corrected chi connectivity index (χ1v) is 4.30. The van der Waals surface area contributed by atoms with Crippen LogP contribution in [0.4, 0.5) is 0 Å². The predicted octanol–water partition coefficient (Wildman–Crippen LogP) is 2.37. The highest BCUT2D eigenvalue weighted by Gasteiger charge is 2.09. The van der Waals surface area contributed by atoms with Crippen LogP contribution in [0.2, 0.25) is 0 Å². The Kier molecular flexibility index (Phi) is 2.95. The number of nitrogens with zero attached hydrogens (tertiary/aromatic N) is 1. The molecule has 0 amide bonds. The molecule has 0 saturated heterocycles. The normalized spacial score (nSPS) is 17.6. The van der Waals surface area contributed by atoms with Gasteiger partial charge in [0.1, 0.15) is 0 Å². The fourth-order valence-electron chi connectivity index (χ4n) is 0.985. The minimum absolute atomic E-state index is 0.758. The van der Waals surface area contributed by atoms with E-state index in [0.29, 0.717) is 0 Å². The number of hydrazine groups is 1. The van der Waals surface area contributed by atoms with Gasteiger partial charge in [-0.2, -0.15) is 0 Å². The van der Waals surface area contributed by atoms with Crippen LogP contribution in [0.1, 0.15) is 13.8 Å². The molecule has 12 heavy (non-hydrogen) atoms. The lowest BCUT2D eigenvalue weighted by Gasteiger charge is -2.25. The van der Waals surface area contributed by atoms with E-state index in [-0.39, 0.29) is 0 Å². The minimum atomic E-state index is 0.758. The van der Waals surface area contributed by atoms with Crippen LogP contribution >= 0.6 is 11.6 Å². The Morgan fingerprint density at radius 3 is 2.92 bits per heavy atom. The van der Waals surface area contributed by atoms with Crippen LogP contribution < -0.4 is 5.43 Å². The summed E-state index contributed by atoms with van der Waals surface area (Å²) in [5.74, 6) is 0. The van der Waals surface area contributed by atoms with Crippen LogP contribution in [0.25, 0.3) is 0 Å². The van der Waals surface area contributed by atoms with Gasteiger partial charge in [0.15, 0.2) is 0 Å².